The van der Waals surface area contributed by atoms with Crippen LogP contribution < -0.4 is 0 Å². The van der Waals surface area contributed by atoms with E-state index in [1.54, 1.807) is 6.07 Å². The molecule has 1 heterocycles. The van der Waals surface area contributed by atoms with Crippen LogP contribution in [0.1, 0.15) is 18.4 Å². The second kappa shape index (κ2) is 4.22. The van der Waals surface area contributed by atoms with E-state index in [0.29, 0.717) is 24.1 Å². The normalized spacial score (nSPS) is 19.6. The summed E-state index contributed by atoms with van der Waals surface area (Å²) >= 11 is 5.64. The largest absolute Gasteiger partial charge is 0.480 e. The molecule has 1 aliphatic heterocycles. The second-order valence-electron chi connectivity index (χ2n) is 3.60. The molecular formula is C11H9ClFNO2. The van der Waals surface area contributed by atoms with Crippen molar-refractivity contribution in [3.05, 3.63) is 34.6 Å². The van der Waals surface area contributed by atoms with Crippen LogP contribution >= 0.6 is 11.6 Å². The molecule has 2 rings (SSSR count). The van der Waals surface area contributed by atoms with Gasteiger partial charge in [0.05, 0.1) is 5.02 Å². The zero-order valence-electron chi connectivity index (χ0n) is 8.28. The van der Waals surface area contributed by atoms with Crippen LogP contribution in [-0.4, -0.2) is 22.8 Å². The van der Waals surface area contributed by atoms with Gasteiger partial charge in [0.15, 0.2) is 0 Å². The van der Waals surface area contributed by atoms with Gasteiger partial charge < -0.3 is 5.11 Å². The molecule has 0 unspecified atom stereocenters. The van der Waals surface area contributed by atoms with Gasteiger partial charge in [-0.2, -0.15) is 0 Å². The summed E-state index contributed by atoms with van der Waals surface area (Å²) in [6.45, 7) is 0. The summed E-state index contributed by atoms with van der Waals surface area (Å²) in [6.07, 6.45) is 1.07. The highest BCUT2D eigenvalue weighted by atomic mass is 35.5. The Hall–Kier alpha value is -1.42. The van der Waals surface area contributed by atoms with Gasteiger partial charge in [0.1, 0.15) is 11.9 Å². The third kappa shape index (κ3) is 2.07. The molecule has 0 spiro atoms. The fraction of sp³-hybridized carbons (Fsp3) is 0.273. The van der Waals surface area contributed by atoms with E-state index in [4.69, 9.17) is 16.7 Å². The van der Waals surface area contributed by atoms with Crippen LogP contribution in [0.4, 0.5) is 4.39 Å². The van der Waals surface area contributed by atoms with Crippen molar-refractivity contribution in [1.82, 2.24) is 0 Å². The molecule has 0 saturated heterocycles. The van der Waals surface area contributed by atoms with Gasteiger partial charge in [0.2, 0.25) is 0 Å². The summed E-state index contributed by atoms with van der Waals surface area (Å²) in [5, 5.41) is 8.81. The number of hydrogen-bond acceptors (Lipinski definition) is 2. The van der Waals surface area contributed by atoms with Crippen LogP contribution in [0.2, 0.25) is 5.02 Å². The number of hydrogen-bond donors (Lipinski definition) is 1. The molecule has 0 aliphatic carbocycles. The van der Waals surface area contributed by atoms with Crippen LogP contribution in [0.15, 0.2) is 23.2 Å². The molecule has 0 aromatic heterocycles. The standard InChI is InChI=1S/C11H9ClFNO2/c12-7-5-6(1-2-8(7)13)9-3-4-10(14-9)11(15)16/h1-2,5,10H,3-4H2,(H,15,16)/t10-/m1/s1. The summed E-state index contributed by atoms with van der Waals surface area (Å²) in [5.74, 6) is -1.41. The Kier molecular flexibility index (Phi) is 2.92. The van der Waals surface area contributed by atoms with Gasteiger partial charge in [-0.05, 0) is 30.5 Å². The molecule has 0 saturated carbocycles. The van der Waals surface area contributed by atoms with E-state index in [0.717, 1.165) is 0 Å². The Morgan fingerprint density at radius 2 is 2.31 bits per heavy atom. The summed E-state index contributed by atoms with van der Waals surface area (Å²) in [5.41, 5.74) is 1.37. The Bertz CT molecular complexity index is 473. The molecule has 1 aliphatic rings. The maximum atomic E-state index is 12.9. The van der Waals surface area contributed by atoms with E-state index >= 15 is 0 Å². The van der Waals surface area contributed by atoms with Crippen LogP contribution in [0.5, 0.6) is 0 Å². The lowest BCUT2D eigenvalue weighted by Gasteiger charge is -2.01. The number of benzene rings is 1. The van der Waals surface area contributed by atoms with Crippen LogP contribution in [0.25, 0.3) is 0 Å². The first kappa shape index (κ1) is 11.1. The maximum absolute atomic E-state index is 12.9. The highest BCUT2D eigenvalue weighted by Crippen LogP contribution is 2.22. The number of carboxylic acid groups (broad SMARTS) is 1. The van der Waals surface area contributed by atoms with E-state index in [2.05, 4.69) is 4.99 Å². The molecule has 1 atom stereocenters. The number of aliphatic carboxylic acids is 1. The Labute approximate surface area is 96.6 Å². The van der Waals surface area contributed by atoms with Crippen molar-refractivity contribution in [2.75, 3.05) is 0 Å². The molecule has 0 bridgehead atoms. The molecule has 1 aromatic carbocycles. The number of carboxylic acids is 1. The third-order valence-electron chi connectivity index (χ3n) is 2.50. The first-order chi connectivity index (χ1) is 7.58. The Morgan fingerprint density at radius 3 is 2.88 bits per heavy atom. The van der Waals surface area contributed by atoms with Crippen molar-refractivity contribution >= 4 is 23.3 Å². The smallest absolute Gasteiger partial charge is 0.328 e. The minimum Gasteiger partial charge on any atom is -0.480 e. The molecule has 1 aromatic rings. The molecule has 1 N–H and O–H groups in total. The lowest BCUT2D eigenvalue weighted by molar-refractivity contribution is -0.138. The Morgan fingerprint density at radius 1 is 1.56 bits per heavy atom. The number of nitrogens with zero attached hydrogens (tertiary/aromatic N) is 1. The van der Waals surface area contributed by atoms with Gasteiger partial charge in [-0.15, -0.1) is 0 Å². The van der Waals surface area contributed by atoms with E-state index in [-0.39, 0.29) is 5.02 Å². The van der Waals surface area contributed by atoms with Crippen LogP contribution in [0.3, 0.4) is 0 Å². The first-order valence-electron chi connectivity index (χ1n) is 4.83. The topological polar surface area (TPSA) is 49.7 Å². The maximum Gasteiger partial charge on any atom is 0.328 e. The van der Waals surface area contributed by atoms with Gasteiger partial charge >= 0.3 is 5.97 Å². The predicted molar refractivity (Wildman–Crippen MR) is 58.6 cm³/mol. The SMILES string of the molecule is O=C(O)[C@H]1CCC(c2ccc(F)c(Cl)c2)=N1. The molecule has 0 radical (unpaired) electrons. The molecule has 84 valence electrons. The average Bonchev–Trinajstić information content (AvgIpc) is 2.71. The first-order valence-corrected chi connectivity index (χ1v) is 5.20. The molecule has 0 fully saturated rings. The van der Waals surface area contributed by atoms with E-state index in [1.807, 2.05) is 0 Å². The Balaban J connectivity index is 2.29. The molecular weight excluding hydrogens is 233 g/mol. The van der Waals surface area contributed by atoms with Crippen molar-refractivity contribution in [2.24, 2.45) is 4.99 Å². The zero-order valence-corrected chi connectivity index (χ0v) is 9.04. The van der Waals surface area contributed by atoms with E-state index in [9.17, 15) is 9.18 Å². The van der Waals surface area contributed by atoms with Gasteiger partial charge in [-0.1, -0.05) is 17.7 Å². The van der Waals surface area contributed by atoms with E-state index in [1.165, 1.54) is 12.1 Å². The van der Waals surface area contributed by atoms with E-state index < -0.39 is 17.8 Å². The number of halogens is 2. The van der Waals surface area contributed by atoms with Crippen LogP contribution in [0, 0.1) is 5.82 Å². The van der Waals surface area contributed by atoms with Gasteiger partial charge in [0, 0.05) is 5.71 Å². The number of rotatable bonds is 2. The van der Waals surface area contributed by atoms with Crippen molar-refractivity contribution in [3.8, 4) is 0 Å². The molecule has 16 heavy (non-hydrogen) atoms. The number of aliphatic imine (C=N–C) groups is 1. The fourth-order valence-electron chi connectivity index (χ4n) is 1.66. The van der Waals surface area contributed by atoms with Crippen molar-refractivity contribution in [1.29, 1.82) is 0 Å². The van der Waals surface area contributed by atoms with Crippen molar-refractivity contribution in [2.45, 2.75) is 18.9 Å². The lowest BCUT2D eigenvalue weighted by atomic mass is 10.1. The van der Waals surface area contributed by atoms with Crippen molar-refractivity contribution < 1.29 is 14.3 Å². The predicted octanol–water partition coefficient (Wildman–Crippen LogP) is 2.52. The molecule has 5 heteroatoms. The summed E-state index contributed by atoms with van der Waals surface area (Å²) in [7, 11) is 0. The van der Waals surface area contributed by atoms with Crippen LogP contribution in [-0.2, 0) is 4.79 Å². The molecule has 3 nitrogen and oxygen atoms in total. The minimum atomic E-state index is -0.928. The second-order valence-corrected chi connectivity index (χ2v) is 4.00. The summed E-state index contributed by atoms with van der Waals surface area (Å²) < 4.78 is 12.9. The monoisotopic (exact) mass is 241 g/mol. The van der Waals surface area contributed by atoms with Crippen molar-refractivity contribution in [3.63, 3.8) is 0 Å². The zero-order chi connectivity index (χ0) is 11.7. The average molecular weight is 242 g/mol. The highest BCUT2D eigenvalue weighted by Gasteiger charge is 2.24. The highest BCUT2D eigenvalue weighted by molar-refractivity contribution is 6.31. The summed E-state index contributed by atoms with van der Waals surface area (Å²) in [4.78, 5) is 14.8. The third-order valence-corrected chi connectivity index (χ3v) is 2.79. The van der Waals surface area contributed by atoms with Gasteiger partial charge in [0.25, 0.3) is 0 Å². The van der Waals surface area contributed by atoms with Gasteiger partial charge in [-0.3, -0.25) is 4.99 Å². The number of carbonyl (C=O) groups is 1. The lowest BCUT2D eigenvalue weighted by Crippen LogP contribution is -2.13. The van der Waals surface area contributed by atoms with Gasteiger partial charge in [-0.25, -0.2) is 9.18 Å². The minimum absolute atomic E-state index is 0.0268. The summed E-state index contributed by atoms with van der Waals surface area (Å²) in [6, 6.07) is 3.61. The fourth-order valence-corrected chi connectivity index (χ4v) is 1.84. The molecule has 0 amide bonds. The quantitative estimate of drug-likeness (QED) is 0.865.